The van der Waals surface area contributed by atoms with Crippen molar-refractivity contribution in [3.8, 4) is 0 Å². The first-order chi connectivity index (χ1) is 13.9. The monoisotopic (exact) mass is 401 g/mol. The van der Waals surface area contributed by atoms with Crippen molar-refractivity contribution in [3.05, 3.63) is 59.9 Å². The molecule has 1 saturated heterocycles. The fraction of sp³-hybridized carbons (Fsp3) is 0.278. The van der Waals surface area contributed by atoms with Crippen molar-refractivity contribution in [2.75, 3.05) is 19.8 Å². The third kappa shape index (κ3) is 5.09. The van der Waals surface area contributed by atoms with E-state index in [1.54, 1.807) is 42.6 Å². The Labute approximate surface area is 167 Å². The normalized spacial score (nSPS) is 22.1. The molecule has 6 N–H and O–H groups in total. The number of benzene rings is 1. The van der Waals surface area contributed by atoms with Crippen LogP contribution in [0.15, 0.2) is 53.8 Å². The molecule has 154 valence electrons. The Bertz CT molecular complexity index is 862. The molecule has 2 heterocycles. The van der Waals surface area contributed by atoms with Gasteiger partial charge in [0, 0.05) is 19.0 Å². The van der Waals surface area contributed by atoms with Crippen LogP contribution in [0.2, 0.25) is 0 Å². The van der Waals surface area contributed by atoms with Crippen LogP contribution in [0.3, 0.4) is 0 Å². The molecule has 1 unspecified atom stereocenters. The van der Waals surface area contributed by atoms with Crippen LogP contribution in [-0.4, -0.2) is 59.7 Å². The molecule has 1 aromatic carbocycles. The number of hydrogen-bond acceptors (Lipinski definition) is 8. The van der Waals surface area contributed by atoms with E-state index >= 15 is 0 Å². The Kier molecular flexibility index (Phi) is 6.44. The average Bonchev–Trinajstić information content (AvgIpc) is 3.14. The predicted octanol–water partition coefficient (Wildman–Crippen LogP) is -1.20. The predicted molar refractivity (Wildman–Crippen MR) is 105 cm³/mol. The lowest BCUT2D eigenvalue weighted by Gasteiger charge is -2.30. The van der Waals surface area contributed by atoms with E-state index in [0.717, 1.165) is 0 Å². The van der Waals surface area contributed by atoms with Gasteiger partial charge in [0.05, 0.1) is 24.8 Å². The van der Waals surface area contributed by atoms with Crippen molar-refractivity contribution in [2.24, 2.45) is 16.5 Å². The van der Waals surface area contributed by atoms with E-state index in [0.29, 0.717) is 16.6 Å². The number of rotatable bonds is 7. The number of nitrogens with two attached hydrogens (primary N) is 2. The van der Waals surface area contributed by atoms with Gasteiger partial charge in [-0.25, -0.2) is 9.79 Å². The summed E-state index contributed by atoms with van der Waals surface area (Å²) < 4.78 is 16.3. The number of guanidine groups is 1. The first kappa shape index (κ1) is 20.7. The molecule has 0 amide bonds. The quantitative estimate of drug-likeness (QED) is 0.193. The van der Waals surface area contributed by atoms with Crippen LogP contribution < -0.4 is 16.9 Å². The largest absolute Gasteiger partial charge is 0.555 e. The molecule has 0 aliphatic carbocycles. The van der Waals surface area contributed by atoms with Gasteiger partial charge in [-0.1, -0.05) is 24.3 Å². The zero-order chi connectivity index (χ0) is 20.9. The Morgan fingerprint density at radius 3 is 2.69 bits per heavy atom. The molecule has 0 radical (unpaired) electrons. The highest BCUT2D eigenvalue weighted by Crippen LogP contribution is 2.21. The Morgan fingerprint density at radius 1 is 1.34 bits per heavy atom. The number of carbonyl (C=O) groups is 1. The zero-order valence-corrected chi connectivity index (χ0v) is 15.5. The second-order valence-electron chi connectivity index (χ2n) is 6.51. The molecular formula is C18H22BN4O6-. The summed E-state index contributed by atoms with van der Waals surface area (Å²) in [6.07, 6.45) is 1.59. The van der Waals surface area contributed by atoms with E-state index in [1.807, 2.05) is 0 Å². The van der Waals surface area contributed by atoms with Crippen molar-refractivity contribution in [3.63, 3.8) is 0 Å². The van der Waals surface area contributed by atoms with Gasteiger partial charge >= 0.3 is 12.7 Å². The summed E-state index contributed by atoms with van der Waals surface area (Å²) in [5.41, 5.74) is 12.1. The lowest BCUT2D eigenvalue weighted by Crippen LogP contribution is -2.50. The number of pyridine rings is 1. The number of carbonyl (C=O) groups excluding carboxylic acids is 1. The highest BCUT2D eigenvalue weighted by atomic mass is 16.7. The maximum absolute atomic E-state index is 12.4. The Morgan fingerprint density at radius 2 is 2.10 bits per heavy atom. The van der Waals surface area contributed by atoms with E-state index in [-0.39, 0.29) is 25.7 Å². The number of esters is 1. The molecule has 0 spiro atoms. The minimum absolute atomic E-state index is 0.0165. The molecule has 2 aromatic rings. The molecule has 1 aliphatic rings. The van der Waals surface area contributed by atoms with Crippen LogP contribution in [0.5, 0.6) is 0 Å². The highest BCUT2D eigenvalue weighted by Gasteiger charge is 2.36. The topological polar surface area (TPSA) is 163 Å². The number of aromatic nitrogens is 1. The van der Waals surface area contributed by atoms with Gasteiger partial charge in [0.1, 0.15) is 6.10 Å². The molecule has 0 saturated carbocycles. The minimum atomic E-state index is -2.68. The SMILES string of the molecule is NC(N)=NC[C@H](OC(=O)c1cccnc1)c1ccc([B-]2(O)OC[C@@H](CO)O2)cc1. The molecule has 10 nitrogen and oxygen atoms in total. The van der Waals surface area contributed by atoms with Crippen molar-refractivity contribution in [2.45, 2.75) is 12.2 Å². The third-order valence-electron chi connectivity index (χ3n) is 4.40. The van der Waals surface area contributed by atoms with Gasteiger partial charge in [0.25, 0.3) is 0 Å². The van der Waals surface area contributed by atoms with Gasteiger partial charge in [-0.15, -0.1) is 5.46 Å². The Balaban J connectivity index is 1.79. The van der Waals surface area contributed by atoms with E-state index in [1.165, 1.54) is 6.20 Å². The lowest BCUT2D eigenvalue weighted by atomic mass is 9.70. The van der Waals surface area contributed by atoms with E-state index in [2.05, 4.69) is 9.98 Å². The van der Waals surface area contributed by atoms with Crippen LogP contribution in [0.1, 0.15) is 22.0 Å². The zero-order valence-electron chi connectivity index (χ0n) is 15.5. The first-order valence-electron chi connectivity index (χ1n) is 8.97. The molecule has 29 heavy (non-hydrogen) atoms. The van der Waals surface area contributed by atoms with Crippen molar-refractivity contribution in [1.82, 2.24) is 4.98 Å². The molecule has 3 rings (SSSR count). The molecule has 0 bridgehead atoms. The van der Waals surface area contributed by atoms with E-state index < -0.39 is 24.9 Å². The van der Waals surface area contributed by atoms with Crippen LogP contribution in [-0.2, 0) is 14.0 Å². The van der Waals surface area contributed by atoms with Gasteiger partial charge in [-0.3, -0.25) is 4.98 Å². The summed E-state index contributed by atoms with van der Waals surface area (Å²) in [6.45, 7) is -2.83. The fourth-order valence-corrected chi connectivity index (χ4v) is 2.88. The number of ether oxygens (including phenoxy) is 1. The van der Waals surface area contributed by atoms with E-state index in [4.69, 9.17) is 30.6 Å². The van der Waals surface area contributed by atoms with Crippen LogP contribution in [0, 0.1) is 0 Å². The second kappa shape index (κ2) is 9.01. The maximum Gasteiger partial charge on any atom is 0.407 e. The number of aliphatic hydroxyl groups excluding tert-OH is 1. The van der Waals surface area contributed by atoms with Gasteiger partial charge in [-0.05, 0) is 17.7 Å². The lowest BCUT2D eigenvalue weighted by molar-refractivity contribution is 0.0316. The smallest absolute Gasteiger partial charge is 0.407 e. The van der Waals surface area contributed by atoms with Gasteiger partial charge in [0.2, 0.25) is 0 Å². The molecule has 1 aliphatic heterocycles. The van der Waals surface area contributed by atoms with Crippen molar-refractivity contribution >= 4 is 24.1 Å². The summed E-state index contributed by atoms with van der Waals surface area (Å²) in [7, 11) is 0. The van der Waals surface area contributed by atoms with Gasteiger partial charge in [-0.2, -0.15) is 0 Å². The fourth-order valence-electron chi connectivity index (χ4n) is 2.88. The average molecular weight is 401 g/mol. The summed E-state index contributed by atoms with van der Waals surface area (Å²) >= 11 is 0. The molecular weight excluding hydrogens is 379 g/mol. The molecule has 3 atom stereocenters. The van der Waals surface area contributed by atoms with Gasteiger partial charge in [0.15, 0.2) is 5.96 Å². The van der Waals surface area contributed by atoms with E-state index in [9.17, 15) is 9.82 Å². The summed E-state index contributed by atoms with van der Waals surface area (Å²) in [6, 6.07) is 9.70. The summed E-state index contributed by atoms with van der Waals surface area (Å²) in [5, 5.41) is 19.7. The number of nitrogens with zero attached hydrogens (tertiary/aromatic N) is 2. The number of aliphatic hydroxyl groups is 1. The summed E-state index contributed by atoms with van der Waals surface area (Å²) in [4.78, 5) is 20.2. The van der Waals surface area contributed by atoms with Gasteiger partial charge < -0.3 is 35.6 Å². The first-order valence-corrected chi connectivity index (χ1v) is 8.97. The van der Waals surface area contributed by atoms with Crippen LogP contribution in [0.25, 0.3) is 0 Å². The second-order valence-corrected chi connectivity index (χ2v) is 6.51. The molecule has 1 aromatic heterocycles. The standard InChI is InChI=1S/C18H22BN4O6/c20-18(21)23-9-16(28-17(25)13-2-1-7-22-8-13)12-3-5-14(6-4-12)19(26)27-11-15(10-24)29-19/h1-8,15-16,24,26H,9-11H2,(H4,20,21,23)/q-1/t15-,16+,19?/m1/s1. The number of aliphatic imine (C=N–C) groups is 1. The Hall–Kier alpha value is -2.99. The highest BCUT2D eigenvalue weighted by molar-refractivity contribution is 6.74. The molecule has 1 fully saturated rings. The minimum Gasteiger partial charge on any atom is -0.555 e. The third-order valence-corrected chi connectivity index (χ3v) is 4.40. The molecule has 11 heteroatoms. The van der Waals surface area contributed by atoms with Crippen molar-refractivity contribution < 1.29 is 29.0 Å². The van der Waals surface area contributed by atoms with Crippen LogP contribution >= 0.6 is 0 Å². The maximum atomic E-state index is 12.4. The number of hydrogen-bond donors (Lipinski definition) is 4. The van der Waals surface area contributed by atoms with Crippen molar-refractivity contribution in [1.29, 1.82) is 0 Å². The van der Waals surface area contributed by atoms with Crippen LogP contribution in [0.4, 0.5) is 0 Å². The summed E-state index contributed by atoms with van der Waals surface area (Å²) in [5.74, 6) is -0.710.